The number of aliphatic imine (C=N–C) groups is 1. The zero-order valence-electron chi connectivity index (χ0n) is 12.9. The number of hydrogen-bond donors (Lipinski definition) is 4. The smallest absolute Gasteiger partial charge is 0.231 e. The first-order chi connectivity index (χ1) is 11.1. The first-order valence-corrected chi connectivity index (χ1v) is 7.16. The number of nitrogens with one attached hydrogen (secondary N) is 3. The maximum absolute atomic E-state index is 10.4. The SMILES string of the molecule is CC1=CC(C)=N/C(=C(/C=N)C(O)Nc2ccc3c(c2)OCO3)N1. The number of benzene rings is 1. The molecule has 7 nitrogen and oxygen atoms in total. The first kappa shape index (κ1) is 15.1. The van der Waals surface area contributed by atoms with Crippen molar-refractivity contribution in [1.82, 2.24) is 5.32 Å². The van der Waals surface area contributed by atoms with Crippen LogP contribution in [0.3, 0.4) is 0 Å². The Balaban J connectivity index is 1.82. The molecule has 0 saturated carbocycles. The third kappa shape index (κ3) is 3.19. The molecule has 0 amide bonds. The number of anilines is 1. The summed E-state index contributed by atoms with van der Waals surface area (Å²) < 4.78 is 10.6. The van der Waals surface area contributed by atoms with Gasteiger partial charge in [0, 0.05) is 29.4 Å². The van der Waals surface area contributed by atoms with Gasteiger partial charge in [-0.1, -0.05) is 0 Å². The molecule has 0 aromatic heterocycles. The Morgan fingerprint density at radius 2 is 2.17 bits per heavy atom. The lowest BCUT2D eigenvalue weighted by atomic mass is 10.2. The normalized spacial score (nSPS) is 19.3. The summed E-state index contributed by atoms with van der Waals surface area (Å²) in [6, 6.07) is 5.28. The van der Waals surface area contributed by atoms with Gasteiger partial charge in [-0.2, -0.15) is 0 Å². The van der Waals surface area contributed by atoms with E-state index in [-0.39, 0.29) is 6.79 Å². The van der Waals surface area contributed by atoms with Gasteiger partial charge in [0.2, 0.25) is 6.79 Å². The molecule has 0 saturated heterocycles. The van der Waals surface area contributed by atoms with Crippen LogP contribution in [-0.2, 0) is 0 Å². The molecule has 1 aromatic carbocycles. The summed E-state index contributed by atoms with van der Waals surface area (Å²) in [4.78, 5) is 4.34. The number of allylic oxidation sites excluding steroid dienone is 2. The van der Waals surface area contributed by atoms with Crippen LogP contribution < -0.4 is 20.1 Å². The fraction of sp³-hybridized carbons (Fsp3) is 0.250. The second-order valence-corrected chi connectivity index (χ2v) is 5.27. The van der Waals surface area contributed by atoms with Crippen molar-refractivity contribution < 1.29 is 14.6 Å². The van der Waals surface area contributed by atoms with Gasteiger partial charge in [-0.05, 0) is 32.1 Å². The van der Waals surface area contributed by atoms with Crippen molar-refractivity contribution in [2.45, 2.75) is 20.1 Å². The predicted molar refractivity (Wildman–Crippen MR) is 88.0 cm³/mol. The first-order valence-electron chi connectivity index (χ1n) is 7.16. The van der Waals surface area contributed by atoms with Gasteiger partial charge >= 0.3 is 0 Å². The molecule has 3 rings (SSSR count). The Labute approximate surface area is 133 Å². The van der Waals surface area contributed by atoms with Crippen LogP contribution in [0.5, 0.6) is 11.5 Å². The number of aliphatic hydroxyl groups is 1. The van der Waals surface area contributed by atoms with Gasteiger partial charge in [-0.25, -0.2) is 4.99 Å². The molecule has 2 heterocycles. The summed E-state index contributed by atoms with van der Waals surface area (Å²) in [5.74, 6) is 1.75. The largest absolute Gasteiger partial charge is 0.454 e. The highest BCUT2D eigenvalue weighted by Gasteiger charge is 2.18. The van der Waals surface area contributed by atoms with E-state index in [1.165, 1.54) is 0 Å². The average molecular weight is 314 g/mol. The zero-order valence-corrected chi connectivity index (χ0v) is 12.9. The molecule has 120 valence electrons. The predicted octanol–water partition coefficient (Wildman–Crippen LogP) is 1.97. The Morgan fingerprint density at radius 1 is 1.39 bits per heavy atom. The van der Waals surface area contributed by atoms with Gasteiger partial charge in [0.25, 0.3) is 0 Å². The van der Waals surface area contributed by atoms with Crippen molar-refractivity contribution in [2.75, 3.05) is 12.1 Å². The fourth-order valence-electron chi connectivity index (χ4n) is 2.41. The molecular weight excluding hydrogens is 296 g/mol. The molecule has 0 aliphatic carbocycles. The Kier molecular flexibility index (Phi) is 4.03. The number of ether oxygens (including phenoxy) is 2. The van der Waals surface area contributed by atoms with Crippen LogP contribution in [-0.4, -0.2) is 30.1 Å². The third-order valence-corrected chi connectivity index (χ3v) is 3.43. The molecule has 0 fully saturated rings. The van der Waals surface area contributed by atoms with E-state index in [4.69, 9.17) is 14.9 Å². The van der Waals surface area contributed by atoms with E-state index in [1.807, 2.05) is 19.9 Å². The molecule has 2 aliphatic rings. The number of fused-ring (bicyclic) bond motifs is 1. The van der Waals surface area contributed by atoms with E-state index in [9.17, 15) is 5.11 Å². The molecular formula is C16H18N4O3. The summed E-state index contributed by atoms with van der Waals surface area (Å²) in [5, 5.41) is 24.0. The maximum atomic E-state index is 10.4. The number of aliphatic hydroxyl groups excluding tert-OH is 1. The van der Waals surface area contributed by atoms with Crippen LogP contribution in [0, 0.1) is 5.41 Å². The van der Waals surface area contributed by atoms with E-state index in [0.717, 1.165) is 17.6 Å². The van der Waals surface area contributed by atoms with E-state index < -0.39 is 6.23 Å². The monoisotopic (exact) mass is 314 g/mol. The third-order valence-electron chi connectivity index (χ3n) is 3.43. The van der Waals surface area contributed by atoms with Gasteiger partial charge < -0.3 is 30.6 Å². The zero-order chi connectivity index (χ0) is 16.4. The number of hydrogen-bond acceptors (Lipinski definition) is 7. The molecule has 23 heavy (non-hydrogen) atoms. The van der Waals surface area contributed by atoms with Crippen LogP contribution in [0.15, 0.2) is 46.4 Å². The van der Waals surface area contributed by atoms with Crippen molar-refractivity contribution in [3.63, 3.8) is 0 Å². The topological polar surface area (TPSA) is 99.0 Å². The fourth-order valence-corrected chi connectivity index (χ4v) is 2.41. The molecule has 7 heteroatoms. The number of nitrogens with zero attached hydrogens (tertiary/aromatic N) is 1. The lowest BCUT2D eigenvalue weighted by Gasteiger charge is -2.20. The van der Waals surface area contributed by atoms with Gasteiger partial charge in [0.05, 0.1) is 5.57 Å². The van der Waals surface area contributed by atoms with Gasteiger partial charge in [-0.15, -0.1) is 0 Å². The summed E-state index contributed by atoms with van der Waals surface area (Å²) in [6.07, 6.45) is 1.89. The van der Waals surface area contributed by atoms with Crippen LogP contribution in [0.4, 0.5) is 5.69 Å². The summed E-state index contributed by atoms with van der Waals surface area (Å²) in [5.41, 5.74) is 2.72. The lowest BCUT2D eigenvalue weighted by Crippen LogP contribution is -2.28. The van der Waals surface area contributed by atoms with E-state index >= 15 is 0 Å². The van der Waals surface area contributed by atoms with E-state index in [2.05, 4.69) is 15.6 Å². The summed E-state index contributed by atoms with van der Waals surface area (Å²) >= 11 is 0. The van der Waals surface area contributed by atoms with Gasteiger partial charge in [0.15, 0.2) is 17.7 Å². The molecule has 4 N–H and O–H groups in total. The molecule has 2 aliphatic heterocycles. The van der Waals surface area contributed by atoms with Crippen molar-refractivity contribution in [1.29, 1.82) is 5.41 Å². The van der Waals surface area contributed by atoms with Crippen LogP contribution in [0.2, 0.25) is 0 Å². The second-order valence-electron chi connectivity index (χ2n) is 5.27. The molecule has 0 bridgehead atoms. The van der Waals surface area contributed by atoms with E-state index in [0.29, 0.717) is 28.6 Å². The molecule has 0 spiro atoms. The van der Waals surface area contributed by atoms with Gasteiger partial charge in [0.1, 0.15) is 5.82 Å². The van der Waals surface area contributed by atoms with Gasteiger partial charge in [-0.3, -0.25) is 0 Å². The minimum atomic E-state index is -1.09. The van der Waals surface area contributed by atoms with Crippen LogP contribution in [0.1, 0.15) is 13.8 Å². The van der Waals surface area contributed by atoms with Crippen molar-refractivity contribution in [2.24, 2.45) is 4.99 Å². The van der Waals surface area contributed by atoms with Crippen LogP contribution in [0.25, 0.3) is 0 Å². The summed E-state index contributed by atoms with van der Waals surface area (Å²) in [7, 11) is 0. The van der Waals surface area contributed by atoms with Crippen molar-refractivity contribution >= 4 is 17.6 Å². The van der Waals surface area contributed by atoms with E-state index in [1.54, 1.807) is 18.2 Å². The number of rotatable bonds is 4. The molecule has 0 radical (unpaired) electrons. The Hall–Kier alpha value is -2.80. The average Bonchev–Trinajstić information content (AvgIpc) is 2.94. The molecule has 1 atom stereocenters. The Bertz CT molecular complexity index is 737. The van der Waals surface area contributed by atoms with Crippen molar-refractivity contribution in [3.05, 3.63) is 41.4 Å². The minimum Gasteiger partial charge on any atom is -0.454 e. The highest BCUT2D eigenvalue weighted by molar-refractivity contribution is 5.95. The molecule has 1 aromatic rings. The Morgan fingerprint density at radius 3 is 2.91 bits per heavy atom. The quantitative estimate of drug-likeness (QED) is 0.503. The highest BCUT2D eigenvalue weighted by Crippen LogP contribution is 2.34. The highest BCUT2D eigenvalue weighted by atomic mass is 16.7. The molecule has 1 unspecified atom stereocenters. The second kappa shape index (κ2) is 6.13. The standard InChI is InChI=1S/C16H18N4O3/c1-9-5-10(2)19-15(18-9)12(7-17)16(21)20-11-3-4-13-14(6-11)23-8-22-13/h3-7,16-18,20-21H,8H2,1-2H3/b15-12-,17-7?. The van der Waals surface area contributed by atoms with Crippen molar-refractivity contribution in [3.8, 4) is 11.5 Å². The van der Waals surface area contributed by atoms with Crippen LogP contribution >= 0.6 is 0 Å². The maximum Gasteiger partial charge on any atom is 0.231 e. The summed E-state index contributed by atoms with van der Waals surface area (Å²) in [6.45, 7) is 3.96. The lowest BCUT2D eigenvalue weighted by molar-refractivity contribution is 0.174. The minimum absolute atomic E-state index is 0.195.